The first-order chi connectivity index (χ1) is 29.1. The topological polar surface area (TPSA) is 180 Å². The van der Waals surface area contributed by atoms with Crippen LogP contribution in [-0.4, -0.2) is 150 Å². The summed E-state index contributed by atoms with van der Waals surface area (Å²) in [7, 11) is 3.40. The van der Waals surface area contributed by atoms with Crippen LogP contribution in [0.1, 0.15) is 94.1 Å². The molecular weight excluding hydrogens is 826 g/mol. The van der Waals surface area contributed by atoms with Crippen LogP contribution in [-0.2, 0) is 49.2 Å². The van der Waals surface area contributed by atoms with Gasteiger partial charge in [-0.2, -0.15) is 0 Å². The van der Waals surface area contributed by atoms with Crippen molar-refractivity contribution in [3.05, 3.63) is 34.9 Å². The highest BCUT2D eigenvalue weighted by atomic mass is 35.5. The van der Waals surface area contributed by atoms with Crippen molar-refractivity contribution in [2.75, 3.05) is 33.9 Å². The molecule has 3 amide bonds. The molecule has 4 aliphatic heterocycles. The summed E-state index contributed by atoms with van der Waals surface area (Å²) < 4.78 is 43.2. The quantitative estimate of drug-likeness (QED) is 0.206. The highest BCUT2D eigenvalue weighted by Gasteiger charge is 2.60. The third-order valence-corrected chi connectivity index (χ3v) is 14.0. The monoisotopic (exact) mass is 893 g/mol. The molecule has 0 spiro atoms. The number of hydrogen-bond donors (Lipinski definition) is 1. The van der Waals surface area contributed by atoms with E-state index in [1.165, 1.54) is 7.11 Å². The minimum absolute atomic E-state index is 0.0297. The van der Waals surface area contributed by atoms with Gasteiger partial charge in [0.2, 0.25) is 0 Å². The first-order valence-corrected chi connectivity index (χ1v) is 22.3. The van der Waals surface area contributed by atoms with Crippen molar-refractivity contribution in [3.63, 3.8) is 0 Å². The third-order valence-electron chi connectivity index (χ3n) is 13.8. The van der Waals surface area contributed by atoms with Gasteiger partial charge in [0.05, 0.1) is 36.3 Å². The predicted octanol–water partition coefficient (Wildman–Crippen LogP) is 6.25. The van der Waals surface area contributed by atoms with Crippen LogP contribution in [0.15, 0.2) is 24.3 Å². The Labute approximate surface area is 371 Å². The number of cyclic esters (lactones) is 2. The number of nitrogens with zero attached hydrogens (tertiary/aromatic N) is 3. The number of halogens is 1. The van der Waals surface area contributed by atoms with Crippen LogP contribution in [0.25, 0.3) is 0 Å². The molecule has 1 N–H and O–H groups in total. The number of esters is 1. The molecule has 1 aromatic carbocycles. The second kappa shape index (κ2) is 20.1. The van der Waals surface area contributed by atoms with Crippen LogP contribution in [0.4, 0.5) is 14.4 Å². The largest absolute Gasteiger partial charge is 0.458 e. The summed E-state index contributed by atoms with van der Waals surface area (Å²) in [6.07, 6.45) is -7.54. The van der Waals surface area contributed by atoms with Crippen molar-refractivity contribution in [3.8, 4) is 0 Å². The molecule has 4 saturated heterocycles. The minimum Gasteiger partial charge on any atom is -0.458 e. The first-order valence-electron chi connectivity index (χ1n) is 22.0. The number of fused-ring (bicyclic) bond motifs is 1. The Morgan fingerprint density at radius 3 is 2.27 bits per heavy atom. The minimum atomic E-state index is -1.49. The van der Waals surface area contributed by atoms with E-state index < -0.39 is 95.9 Å². The molecule has 1 aromatic rings. The molecule has 0 aromatic heterocycles. The van der Waals surface area contributed by atoms with Crippen LogP contribution in [0.2, 0.25) is 5.02 Å². The van der Waals surface area contributed by atoms with E-state index in [4.69, 9.17) is 44.8 Å². The van der Waals surface area contributed by atoms with E-state index >= 15 is 0 Å². The molecule has 4 heterocycles. The number of aliphatic hydroxyl groups is 1. The van der Waals surface area contributed by atoms with Crippen molar-refractivity contribution < 1.29 is 62.2 Å². The maximum Gasteiger partial charge on any atom is 0.419 e. The van der Waals surface area contributed by atoms with Gasteiger partial charge < -0.3 is 38.3 Å². The molecule has 5 rings (SSSR count). The summed E-state index contributed by atoms with van der Waals surface area (Å²) in [6, 6.07) is 6.13. The standard InChI is InChI=1S/C45H68ClN3O13/c1-13-33-45(10)37(48(43(55)62-45)19-18-30-14-16-31(46)17-15-30)27(6)34(50)25(4)23-44(9,56-12)38(61-40-35(51)32(22-26(5)58-40)47(11)24(2)3)28(7)36(29(8)39(52)59-33)60-42(54)49-20-21-57-41(49)53/h14-17,24-29,32-33,35-38,40,51H,13,18-23H2,1-12H3/t25-,26-,27+,28+,29-,32+,33-,35-,36+,37-,38-,40?,44+,45-/m1/s1. The Morgan fingerprint density at radius 1 is 1.03 bits per heavy atom. The SMILES string of the molecule is CC[C@H]1OC(=O)[C@H](C)[C@@H](OC(=O)N2CCOC2=O)[C@H](C)[C@@H](OC2O[C@H](C)C[C@H](N(C)C(C)C)[C@H]2O)[C@@](C)(OC)C[C@@H](C)C(=O)[C@H](C)[C@H]2N(CCc3ccc(Cl)cc3)C(=O)O[C@]12C. The Morgan fingerprint density at radius 2 is 1.69 bits per heavy atom. The number of imide groups is 1. The maximum absolute atomic E-state index is 14.9. The number of likely N-dealkylation sites (N-methyl/N-ethyl adjacent to an activating group) is 1. The summed E-state index contributed by atoms with van der Waals surface area (Å²) >= 11 is 6.14. The van der Waals surface area contributed by atoms with Crippen LogP contribution in [0.5, 0.6) is 0 Å². The van der Waals surface area contributed by atoms with E-state index in [9.17, 15) is 29.1 Å². The van der Waals surface area contributed by atoms with E-state index in [1.807, 2.05) is 40.0 Å². The number of carbonyl (C=O) groups excluding carboxylic acids is 5. The Bertz CT molecular complexity index is 1770. The number of carbonyl (C=O) groups is 5. The number of aliphatic hydroxyl groups excluding tert-OH is 1. The van der Waals surface area contributed by atoms with Crippen molar-refractivity contribution in [2.45, 2.75) is 161 Å². The van der Waals surface area contributed by atoms with Gasteiger partial charge in [-0.25, -0.2) is 19.3 Å². The zero-order valence-corrected chi connectivity index (χ0v) is 39.1. The lowest BCUT2D eigenvalue weighted by molar-refractivity contribution is -0.302. The zero-order valence-electron chi connectivity index (χ0n) is 38.3. The van der Waals surface area contributed by atoms with Crippen LogP contribution in [0.3, 0.4) is 0 Å². The van der Waals surface area contributed by atoms with E-state index in [-0.39, 0.29) is 56.5 Å². The lowest BCUT2D eigenvalue weighted by Gasteiger charge is -2.49. The fourth-order valence-electron chi connectivity index (χ4n) is 9.97. The molecule has 0 bridgehead atoms. The second-order valence-corrected chi connectivity index (χ2v) is 18.8. The molecule has 62 heavy (non-hydrogen) atoms. The number of rotatable bonds is 10. The second-order valence-electron chi connectivity index (χ2n) is 18.4. The average molecular weight is 894 g/mol. The number of ketones is 1. The molecule has 16 nitrogen and oxygen atoms in total. The molecule has 0 aliphatic carbocycles. The molecule has 4 aliphatic rings. The van der Waals surface area contributed by atoms with Gasteiger partial charge in [0.25, 0.3) is 0 Å². The fraction of sp³-hybridized carbons (Fsp3) is 0.756. The number of benzene rings is 1. The maximum atomic E-state index is 14.9. The van der Waals surface area contributed by atoms with E-state index in [1.54, 1.807) is 65.5 Å². The molecule has 0 saturated carbocycles. The zero-order chi connectivity index (χ0) is 46.0. The van der Waals surface area contributed by atoms with Gasteiger partial charge in [-0.05, 0) is 92.0 Å². The van der Waals surface area contributed by atoms with E-state index in [0.717, 1.165) is 10.5 Å². The number of methoxy groups -OCH3 is 1. The fourth-order valence-corrected chi connectivity index (χ4v) is 10.1. The van der Waals surface area contributed by atoms with Gasteiger partial charge in [0.15, 0.2) is 11.9 Å². The third kappa shape index (κ3) is 10.2. The molecular formula is C45H68ClN3O13. The lowest BCUT2D eigenvalue weighted by Crippen LogP contribution is -2.61. The Kier molecular flexibility index (Phi) is 16.0. The molecule has 1 unspecified atom stereocenters. The van der Waals surface area contributed by atoms with Crippen molar-refractivity contribution in [2.24, 2.45) is 23.7 Å². The number of Topliss-reactive ketones (excluding diaryl/α,β-unsaturated/α-hetero) is 1. The van der Waals surface area contributed by atoms with Crippen LogP contribution >= 0.6 is 11.6 Å². The van der Waals surface area contributed by atoms with Gasteiger partial charge >= 0.3 is 24.2 Å². The first kappa shape index (κ1) is 49.5. The highest BCUT2D eigenvalue weighted by molar-refractivity contribution is 6.30. The van der Waals surface area contributed by atoms with E-state index in [0.29, 0.717) is 17.9 Å². The number of ether oxygens (including phenoxy) is 7. The van der Waals surface area contributed by atoms with Crippen LogP contribution in [0, 0.1) is 23.7 Å². The molecule has 14 atom stereocenters. The van der Waals surface area contributed by atoms with Crippen molar-refractivity contribution >= 4 is 41.6 Å². The summed E-state index contributed by atoms with van der Waals surface area (Å²) in [5.41, 5.74) is -1.94. The van der Waals surface area contributed by atoms with Crippen molar-refractivity contribution in [1.29, 1.82) is 0 Å². The van der Waals surface area contributed by atoms with E-state index in [2.05, 4.69) is 4.90 Å². The normalized spacial score (nSPS) is 37.5. The van der Waals surface area contributed by atoms with Gasteiger partial charge in [0.1, 0.15) is 30.7 Å². The molecule has 17 heteroatoms. The van der Waals surface area contributed by atoms with Crippen LogP contribution < -0.4 is 0 Å². The van der Waals surface area contributed by atoms with Gasteiger partial charge in [0, 0.05) is 48.5 Å². The average Bonchev–Trinajstić information content (AvgIpc) is 3.78. The molecule has 0 radical (unpaired) electrons. The Hall–Kier alpha value is -3.54. The van der Waals surface area contributed by atoms with Gasteiger partial charge in [-0.1, -0.05) is 51.4 Å². The summed E-state index contributed by atoms with van der Waals surface area (Å²) in [5, 5.41) is 12.5. The molecule has 348 valence electrons. The predicted molar refractivity (Wildman–Crippen MR) is 227 cm³/mol. The highest BCUT2D eigenvalue weighted by Crippen LogP contribution is 2.44. The summed E-state index contributed by atoms with van der Waals surface area (Å²) in [5.74, 6) is -4.66. The number of amides is 3. The lowest BCUT2D eigenvalue weighted by atomic mass is 9.73. The van der Waals surface area contributed by atoms with Crippen molar-refractivity contribution in [1.82, 2.24) is 14.7 Å². The smallest absolute Gasteiger partial charge is 0.419 e. The Balaban J connectivity index is 1.61. The summed E-state index contributed by atoms with van der Waals surface area (Å²) in [4.78, 5) is 74.3. The summed E-state index contributed by atoms with van der Waals surface area (Å²) in [6.45, 7) is 18.1. The number of hydrogen-bond acceptors (Lipinski definition) is 14. The van der Waals surface area contributed by atoms with Gasteiger partial charge in [-0.3, -0.25) is 19.4 Å². The van der Waals surface area contributed by atoms with Gasteiger partial charge in [-0.15, -0.1) is 0 Å². The molecule has 4 fully saturated rings.